The van der Waals surface area contributed by atoms with E-state index in [1.807, 2.05) is 37.4 Å². The van der Waals surface area contributed by atoms with E-state index in [1.54, 1.807) is 0 Å². The Morgan fingerprint density at radius 3 is 2.88 bits per heavy atom. The summed E-state index contributed by atoms with van der Waals surface area (Å²) < 4.78 is 5.42. The number of pyridine rings is 1. The van der Waals surface area contributed by atoms with Crippen LogP contribution in [0.5, 0.6) is 5.75 Å². The van der Waals surface area contributed by atoms with Gasteiger partial charge in [-0.25, -0.2) is 4.98 Å². The van der Waals surface area contributed by atoms with Crippen LogP contribution in [-0.4, -0.2) is 24.1 Å². The van der Waals surface area contributed by atoms with Crippen molar-refractivity contribution in [1.82, 2.24) is 4.98 Å². The number of hydrogen-bond acceptors (Lipinski definition) is 4. The first kappa shape index (κ1) is 11.9. The highest BCUT2D eigenvalue weighted by atomic mass is 32.2. The fraction of sp³-hybridized carbons (Fsp3) is 0.231. The Bertz CT molecular complexity index is 554. The molecule has 0 radical (unpaired) electrons. The fourth-order valence-corrected chi connectivity index (χ4v) is 2.19. The Balaban J connectivity index is 2.57. The summed E-state index contributed by atoms with van der Waals surface area (Å²) in [5.41, 5.74) is 1.50. The minimum absolute atomic E-state index is 0.624. The predicted octanol–water partition coefficient (Wildman–Crippen LogP) is 3.17. The number of nitrogens with zero attached hydrogens (tertiary/aromatic N) is 1. The van der Waals surface area contributed by atoms with Gasteiger partial charge in [-0.3, -0.25) is 4.79 Å². The maximum atomic E-state index is 11.0. The fourth-order valence-electron chi connectivity index (χ4n) is 1.66. The summed E-state index contributed by atoms with van der Waals surface area (Å²) in [7, 11) is 0. The smallest absolute Gasteiger partial charge is 0.152 e. The minimum atomic E-state index is 0.624. The summed E-state index contributed by atoms with van der Waals surface area (Å²) >= 11 is 1.48. The van der Waals surface area contributed by atoms with Gasteiger partial charge in [-0.15, -0.1) is 11.8 Å². The topological polar surface area (TPSA) is 39.2 Å². The first-order valence-electron chi connectivity index (χ1n) is 5.35. The van der Waals surface area contributed by atoms with Gasteiger partial charge in [0.25, 0.3) is 0 Å². The van der Waals surface area contributed by atoms with Crippen molar-refractivity contribution in [3.8, 4) is 5.75 Å². The molecule has 0 aliphatic carbocycles. The monoisotopic (exact) mass is 247 g/mol. The molecule has 0 bridgehead atoms. The third kappa shape index (κ3) is 2.42. The van der Waals surface area contributed by atoms with Crippen LogP contribution < -0.4 is 4.74 Å². The van der Waals surface area contributed by atoms with E-state index in [4.69, 9.17) is 4.74 Å². The maximum Gasteiger partial charge on any atom is 0.152 e. The van der Waals surface area contributed by atoms with Gasteiger partial charge in [0.05, 0.1) is 12.1 Å². The number of carbonyl (C=O) groups excluding carboxylic acids is 1. The van der Waals surface area contributed by atoms with Crippen LogP contribution in [0, 0.1) is 0 Å². The molecule has 1 heterocycles. The minimum Gasteiger partial charge on any atom is -0.494 e. The highest BCUT2D eigenvalue weighted by Crippen LogP contribution is 2.25. The zero-order valence-corrected chi connectivity index (χ0v) is 10.6. The zero-order chi connectivity index (χ0) is 12.3. The van der Waals surface area contributed by atoms with Gasteiger partial charge in [0.15, 0.2) is 6.29 Å². The molecule has 17 heavy (non-hydrogen) atoms. The lowest BCUT2D eigenvalue weighted by Crippen LogP contribution is -1.93. The lowest BCUT2D eigenvalue weighted by atomic mass is 10.1. The van der Waals surface area contributed by atoms with E-state index in [9.17, 15) is 4.79 Å². The molecule has 0 saturated heterocycles. The number of aromatic nitrogens is 1. The first-order chi connectivity index (χ1) is 8.28. The highest BCUT2D eigenvalue weighted by molar-refractivity contribution is 7.98. The zero-order valence-electron chi connectivity index (χ0n) is 9.77. The second kappa shape index (κ2) is 5.19. The highest BCUT2D eigenvalue weighted by Gasteiger charge is 2.06. The summed E-state index contributed by atoms with van der Waals surface area (Å²) in [5, 5.41) is 1.69. The first-order valence-corrected chi connectivity index (χ1v) is 6.57. The van der Waals surface area contributed by atoms with Gasteiger partial charge in [0.2, 0.25) is 0 Å². The van der Waals surface area contributed by atoms with Crippen LogP contribution in [-0.2, 0) is 0 Å². The van der Waals surface area contributed by atoms with Gasteiger partial charge >= 0.3 is 0 Å². The van der Waals surface area contributed by atoms with Crippen molar-refractivity contribution in [2.24, 2.45) is 0 Å². The SMILES string of the molecule is CCOc1ccc2nc(SC)c(C=O)cc2c1. The normalized spacial score (nSPS) is 10.5. The van der Waals surface area contributed by atoms with E-state index in [0.717, 1.165) is 28.0 Å². The molecule has 0 fully saturated rings. The second-order valence-electron chi connectivity index (χ2n) is 3.49. The van der Waals surface area contributed by atoms with Crippen molar-refractivity contribution in [2.75, 3.05) is 12.9 Å². The Kier molecular flexibility index (Phi) is 3.64. The molecule has 0 spiro atoms. The van der Waals surface area contributed by atoms with E-state index in [2.05, 4.69) is 4.98 Å². The third-order valence-corrected chi connectivity index (χ3v) is 3.12. The number of rotatable bonds is 4. The van der Waals surface area contributed by atoms with Crippen molar-refractivity contribution in [3.05, 3.63) is 29.8 Å². The molecule has 0 aliphatic rings. The number of fused-ring (bicyclic) bond motifs is 1. The van der Waals surface area contributed by atoms with Gasteiger partial charge in [-0.2, -0.15) is 0 Å². The number of ether oxygens (including phenoxy) is 1. The molecule has 88 valence electrons. The number of hydrogen-bond donors (Lipinski definition) is 0. The van der Waals surface area contributed by atoms with Crippen LogP contribution in [0.15, 0.2) is 29.3 Å². The molecule has 0 unspecified atom stereocenters. The molecule has 0 saturated carbocycles. The van der Waals surface area contributed by atoms with E-state index in [-0.39, 0.29) is 0 Å². The van der Waals surface area contributed by atoms with E-state index >= 15 is 0 Å². The third-order valence-electron chi connectivity index (χ3n) is 2.41. The molecular formula is C13H13NO2S. The lowest BCUT2D eigenvalue weighted by molar-refractivity contribution is 0.112. The predicted molar refractivity (Wildman–Crippen MR) is 70.1 cm³/mol. The summed E-state index contributed by atoms with van der Waals surface area (Å²) in [6.07, 6.45) is 2.75. The van der Waals surface area contributed by atoms with Crippen molar-refractivity contribution in [2.45, 2.75) is 11.9 Å². The standard InChI is InChI=1S/C13H13NO2S/c1-3-16-11-4-5-12-9(7-11)6-10(8-15)13(14-12)17-2/h4-8H,3H2,1-2H3. The van der Waals surface area contributed by atoms with Gasteiger partial charge in [-0.1, -0.05) is 0 Å². The summed E-state index contributed by atoms with van der Waals surface area (Å²) in [4.78, 5) is 15.4. The number of carbonyl (C=O) groups is 1. The Morgan fingerprint density at radius 2 is 2.24 bits per heavy atom. The van der Waals surface area contributed by atoms with Crippen LogP contribution in [0.2, 0.25) is 0 Å². The summed E-state index contributed by atoms with van der Waals surface area (Å²) in [5.74, 6) is 0.801. The van der Waals surface area contributed by atoms with Gasteiger partial charge in [0.1, 0.15) is 10.8 Å². The van der Waals surface area contributed by atoms with E-state index in [1.165, 1.54) is 11.8 Å². The van der Waals surface area contributed by atoms with Crippen molar-refractivity contribution in [3.63, 3.8) is 0 Å². The lowest BCUT2D eigenvalue weighted by Gasteiger charge is -2.06. The van der Waals surface area contributed by atoms with Crippen LogP contribution in [0.4, 0.5) is 0 Å². The van der Waals surface area contributed by atoms with Crippen molar-refractivity contribution < 1.29 is 9.53 Å². The second-order valence-corrected chi connectivity index (χ2v) is 4.29. The number of thioether (sulfide) groups is 1. The van der Waals surface area contributed by atoms with Gasteiger partial charge < -0.3 is 4.74 Å². The van der Waals surface area contributed by atoms with Crippen molar-refractivity contribution in [1.29, 1.82) is 0 Å². The molecule has 0 atom stereocenters. The van der Waals surface area contributed by atoms with Crippen LogP contribution in [0.1, 0.15) is 17.3 Å². The average Bonchev–Trinajstić information content (AvgIpc) is 2.37. The Labute approximate surface area is 104 Å². The van der Waals surface area contributed by atoms with Crippen LogP contribution >= 0.6 is 11.8 Å². The molecule has 1 aromatic carbocycles. The Morgan fingerprint density at radius 1 is 1.41 bits per heavy atom. The molecule has 0 N–H and O–H groups in total. The molecular weight excluding hydrogens is 234 g/mol. The molecule has 2 rings (SSSR count). The number of benzene rings is 1. The molecule has 3 nitrogen and oxygen atoms in total. The Hall–Kier alpha value is -1.55. The van der Waals surface area contributed by atoms with E-state index in [0.29, 0.717) is 12.2 Å². The molecule has 2 aromatic rings. The number of aldehydes is 1. The summed E-state index contributed by atoms with van der Waals surface area (Å²) in [6.45, 7) is 2.57. The average molecular weight is 247 g/mol. The maximum absolute atomic E-state index is 11.0. The van der Waals surface area contributed by atoms with Gasteiger partial charge in [0, 0.05) is 10.9 Å². The van der Waals surface area contributed by atoms with Crippen LogP contribution in [0.3, 0.4) is 0 Å². The quantitative estimate of drug-likeness (QED) is 0.614. The molecule has 0 aliphatic heterocycles. The van der Waals surface area contributed by atoms with Gasteiger partial charge in [-0.05, 0) is 37.4 Å². The molecule has 4 heteroatoms. The van der Waals surface area contributed by atoms with Crippen molar-refractivity contribution >= 4 is 29.0 Å². The molecule has 1 aromatic heterocycles. The summed E-state index contributed by atoms with van der Waals surface area (Å²) in [6, 6.07) is 7.56. The van der Waals surface area contributed by atoms with E-state index < -0.39 is 0 Å². The largest absolute Gasteiger partial charge is 0.494 e. The molecule has 0 amide bonds. The van der Waals surface area contributed by atoms with Crippen LogP contribution in [0.25, 0.3) is 10.9 Å².